The highest BCUT2D eigenvalue weighted by Crippen LogP contribution is 2.41. The van der Waals surface area contributed by atoms with Crippen LogP contribution in [0.5, 0.6) is 0 Å². The van der Waals surface area contributed by atoms with Crippen LogP contribution in [0.2, 0.25) is 0 Å². The van der Waals surface area contributed by atoms with Crippen LogP contribution in [0.4, 0.5) is 4.79 Å². The average Bonchev–Trinajstić information content (AvgIpc) is 2.84. The molecule has 1 amide bonds. The maximum absolute atomic E-state index is 12.9. The molecule has 2 bridgehead atoms. The number of benzene rings is 1. The highest BCUT2D eigenvalue weighted by molar-refractivity contribution is 5.82. The van der Waals surface area contributed by atoms with E-state index in [-0.39, 0.29) is 29.9 Å². The quantitative estimate of drug-likeness (QED) is 0.850. The second-order valence-electron chi connectivity index (χ2n) is 8.06. The minimum Gasteiger partial charge on any atom is -0.444 e. The molecule has 1 aromatic carbocycles. The lowest BCUT2D eigenvalue weighted by Crippen LogP contribution is -2.55. The zero-order valence-electron chi connectivity index (χ0n) is 18.3. The molecule has 3 heterocycles. The summed E-state index contributed by atoms with van der Waals surface area (Å²) < 4.78 is 29.0. The molecule has 1 N–H and O–H groups in total. The molecule has 3 atom stereocenters. The minimum absolute atomic E-state index is 0.0152. The molecule has 26 heavy (non-hydrogen) atoms. The number of hydrogen-bond donors (Lipinski definition) is 1. The molecule has 6 nitrogen and oxygen atoms in total. The summed E-state index contributed by atoms with van der Waals surface area (Å²) in [5.41, 5.74) is 0.737. The topological polar surface area (TPSA) is 67.4 Å². The van der Waals surface area contributed by atoms with Gasteiger partial charge in [-0.25, -0.2) is 14.8 Å². The van der Waals surface area contributed by atoms with Crippen LogP contribution >= 0.6 is 0 Å². The van der Waals surface area contributed by atoms with Gasteiger partial charge >= 0.3 is 6.09 Å². The number of carbonyl (C=O) groups excluding carboxylic acids is 1. The van der Waals surface area contributed by atoms with E-state index in [0.717, 1.165) is 5.39 Å². The van der Waals surface area contributed by atoms with Crippen molar-refractivity contribution in [2.24, 2.45) is 0 Å². The summed E-state index contributed by atoms with van der Waals surface area (Å²) >= 11 is 0. The van der Waals surface area contributed by atoms with Gasteiger partial charge in [-0.2, -0.15) is 0 Å². The molecule has 0 radical (unpaired) electrons. The van der Waals surface area contributed by atoms with Gasteiger partial charge in [0.2, 0.25) is 0 Å². The number of nitrogens with zero attached hydrogens (tertiary/aromatic N) is 3. The molecule has 0 spiro atoms. The van der Waals surface area contributed by atoms with E-state index in [1.54, 1.807) is 6.07 Å². The maximum atomic E-state index is 12.9. The van der Waals surface area contributed by atoms with Crippen LogP contribution in [0.3, 0.4) is 0 Å². The van der Waals surface area contributed by atoms with Crippen LogP contribution in [0.25, 0.3) is 10.9 Å². The number of carbonyl (C=O) groups is 1. The zero-order valence-corrected chi connectivity index (χ0v) is 15.3. The Labute approximate surface area is 158 Å². The zero-order chi connectivity index (χ0) is 21.0. The van der Waals surface area contributed by atoms with Crippen molar-refractivity contribution < 1.29 is 13.6 Å². The van der Waals surface area contributed by atoms with Crippen molar-refractivity contribution in [2.75, 3.05) is 13.1 Å². The number of rotatable bonds is 1. The number of amides is 1. The molecule has 2 aromatic rings. The molecule has 6 heteroatoms. The molecule has 0 aliphatic carbocycles. The third-order valence-electron chi connectivity index (χ3n) is 5.06. The van der Waals surface area contributed by atoms with Crippen LogP contribution < -0.4 is 5.32 Å². The van der Waals surface area contributed by atoms with Gasteiger partial charge in [-0.1, -0.05) is 18.2 Å². The first-order valence-electron chi connectivity index (χ1n) is 10.5. The maximum Gasteiger partial charge on any atom is 0.410 e. The second-order valence-corrected chi connectivity index (χ2v) is 8.06. The lowest BCUT2D eigenvalue weighted by atomic mass is 9.93. The lowest BCUT2D eigenvalue weighted by molar-refractivity contribution is 0.00950. The summed E-state index contributed by atoms with van der Waals surface area (Å²) in [5, 5.41) is 4.22. The Morgan fingerprint density at radius 3 is 2.88 bits per heavy atom. The number of piperazine rings is 1. The van der Waals surface area contributed by atoms with Gasteiger partial charge in [0.25, 0.3) is 0 Å². The Kier molecular flexibility index (Phi) is 3.32. The van der Waals surface area contributed by atoms with Gasteiger partial charge in [0.15, 0.2) is 0 Å². The summed E-state index contributed by atoms with van der Waals surface area (Å²) in [6, 6.07) is 7.30. The van der Waals surface area contributed by atoms with E-state index >= 15 is 0 Å². The highest BCUT2D eigenvalue weighted by Gasteiger charge is 2.48. The third kappa shape index (κ3) is 3.03. The normalized spacial score (nSPS) is 27.7. The number of aryl methyl sites for hydroxylation is 1. The van der Waals surface area contributed by atoms with Crippen LogP contribution in [-0.4, -0.2) is 51.7 Å². The van der Waals surface area contributed by atoms with Crippen molar-refractivity contribution in [1.82, 2.24) is 20.2 Å². The van der Waals surface area contributed by atoms with Gasteiger partial charge in [0, 0.05) is 34.5 Å². The summed E-state index contributed by atoms with van der Waals surface area (Å²) in [6.45, 7) is 4.46. The predicted octanol–water partition coefficient (Wildman–Crippen LogP) is 3.00. The first-order chi connectivity index (χ1) is 13.5. The van der Waals surface area contributed by atoms with Crippen LogP contribution in [0, 0.1) is 6.85 Å². The largest absolute Gasteiger partial charge is 0.444 e. The number of ether oxygens (including phenoxy) is 1. The number of nitrogens with one attached hydrogen (secondary N) is 1. The molecule has 0 saturated carbocycles. The van der Waals surface area contributed by atoms with Gasteiger partial charge in [-0.3, -0.25) is 4.90 Å². The fourth-order valence-electron chi connectivity index (χ4n) is 4.13. The molecule has 4 rings (SSSR count). The number of fused-ring (bicyclic) bond motifs is 3. The first kappa shape index (κ1) is 13.9. The van der Waals surface area contributed by atoms with E-state index in [1.807, 2.05) is 43.9 Å². The predicted molar refractivity (Wildman–Crippen MR) is 100 cm³/mol. The number of para-hydroxylation sites is 1. The summed E-state index contributed by atoms with van der Waals surface area (Å²) in [6.07, 6.45) is 0.379. The Morgan fingerprint density at radius 1 is 1.31 bits per heavy atom. The van der Waals surface area contributed by atoms with Gasteiger partial charge in [0.1, 0.15) is 11.4 Å². The van der Waals surface area contributed by atoms with E-state index in [2.05, 4.69) is 15.3 Å². The van der Waals surface area contributed by atoms with Crippen molar-refractivity contribution in [1.29, 1.82) is 0 Å². The van der Waals surface area contributed by atoms with E-state index in [0.29, 0.717) is 30.7 Å². The molecule has 1 aromatic heterocycles. The molecule has 2 saturated heterocycles. The average molecular weight is 357 g/mol. The number of aromatic nitrogens is 2. The van der Waals surface area contributed by atoms with Gasteiger partial charge < -0.3 is 10.1 Å². The second kappa shape index (κ2) is 6.20. The summed E-state index contributed by atoms with van der Waals surface area (Å²) in [5.74, 6) is -0.235. The fourth-order valence-corrected chi connectivity index (χ4v) is 4.13. The molecular formula is C20H26N4O2. The summed E-state index contributed by atoms with van der Waals surface area (Å²) in [7, 11) is 0. The standard InChI is InChI=1S/C20H26N4O2/c1-12-22-16-8-6-5-7-14(16)18(23-12)15-9-13-10-21-11-17(15)24(13)19(25)26-20(2,3)4/h5-8,13,15,17,21H,9-11H2,1-4H3/i1D3. The van der Waals surface area contributed by atoms with Crippen molar-refractivity contribution in [2.45, 2.75) is 57.6 Å². The van der Waals surface area contributed by atoms with Gasteiger partial charge in [-0.05, 0) is 40.1 Å². The Hall–Kier alpha value is -2.21. The van der Waals surface area contributed by atoms with E-state index in [1.165, 1.54) is 0 Å². The molecule has 138 valence electrons. The minimum atomic E-state index is -2.39. The van der Waals surface area contributed by atoms with Crippen molar-refractivity contribution in [3.8, 4) is 0 Å². The molecule has 2 aliphatic rings. The van der Waals surface area contributed by atoms with E-state index in [9.17, 15) is 4.79 Å². The highest BCUT2D eigenvalue weighted by atomic mass is 16.6. The van der Waals surface area contributed by atoms with E-state index < -0.39 is 12.5 Å². The third-order valence-corrected chi connectivity index (χ3v) is 5.06. The molecule has 3 unspecified atom stereocenters. The van der Waals surface area contributed by atoms with Crippen molar-refractivity contribution >= 4 is 17.0 Å². The smallest absolute Gasteiger partial charge is 0.410 e. The van der Waals surface area contributed by atoms with E-state index in [4.69, 9.17) is 8.85 Å². The van der Waals surface area contributed by atoms with Crippen LogP contribution in [-0.2, 0) is 4.74 Å². The Bertz CT molecular complexity index is 941. The van der Waals surface area contributed by atoms with Crippen molar-refractivity contribution in [3.63, 3.8) is 0 Å². The number of hydrogen-bond acceptors (Lipinski definition) is 5. The SMILES string of the molecule is [2H]C([2H])([2H])c1nc(C2CC3CNCC2N3C(=O)OC(C)(C)C)c2ccccc2n1. The Balaban J connectivity index is 1.77. The van der Waals surface area contributed by atoms with Gasteiger partial charge in [0.05, 0.1) is 17.3 Å². The molecule has 2 fully saturated rings. The lowest BCUT2D eigenvalue weighted by Gasteiger charge is -2.37. The molecule has 2 aliphatic heterocycles. The van der Waals surface area contributed by atoms with Crippen molar-refractivity contribution in [3.05, 3.63) is 35.8 Å². The van der Waals surface area contributed by atoms with Crippen LogP contribution in [0.1, 0.15) is 48.7 Å². The monoisotopic (exact) mass is 357 g/mol. The fraction of sp³-hybridized carbons (Fsp3) is 0.550. The Morgan fingerprint density at radius 2 is 2.12 bits per heavy atom. The van der Waals surface area contributed by atoms with Crippen LogP contribution in [0.15, 0.2) is 24.3 Å². The first-order valence-corrected chi connectivity index (χ1v) is 9.04. The molecular weight excluding hydrogens is 328 g/mol. The van der Waals surface area contributed by atoms with Gasteiger partial charge in [-0.15, -0.1) is 0 Å². The summed E-state index contributed by atoms with van der Waals surface area (Å²) in [4.78, 5) is 23.5.